The van der Waals surface area contributed by atoms with E-state index in [-0.39, 0.29) is 11.9 Å². The molecule has 1 amide bonds. The third kappa shape index (κ3) is 3.11. The standard InChI is InChI=1S/C13H19ClN2O2S/c1-8-7-19-12(11(8)14)13(18)16-6-10(17)4-9(16)5-15(2)3/h7,9-10,17H,4-6H2,1-3H3. The number of likely N-dealkylation sites (N-methyl/N-ethyl adjacent to an activating group) is 1. The molecular formula is C13H19ClN2O2S. The Hall–Kier alpha value is -0.620. The molecule has 19 heavy (non-hydrogen) atoms. The normalized spacial score (nSPS) is 23.4. The SMILES string of the molecule is Cc1csc(C(=O)N2CC(O)CC2CN(C)C)c1Cl. The zero-order valence-corrected chi connectivity index (χ0v) is 13.0. The summed E-state index contributed by atoms with van der Waals surface area (Å²) in [7, 11) is 3.94. The van der Waals surface area contributed by atoms with E-state index in [1.54, 1.807) is 4.90 Å². The molecule has 0 saturated carbocycles. The van der Waals surface area contributed by atoms with Crippen molar-refractivity contribution in [3.05, 3.63) is 20.8 Å². The molecule has 0 radical (unpaired) electrons. The Morgan fingerprint density at radius 3 is 2.84 bits per heavy atom. The van der Waals surface area contributed by atoms with Gasteiger partial charge < -0.3 is 14.9 Å². The first kappa shape index (κ1) is 14.8. The minimum atomic E-state index is -0.436. The number of carbonyl (C=O) groups is 1. The van der Waals surface area contributed by atoms with Crippen molar-refractivity contribution in [3.63, 3.8) is 0 Å². The Balaban J connectivity index is 2.19. The van der Waals surface area contributed by atoms with Gasteiger partial charge in [0.25, 0.3) is 5.91 Å². The van der Waals surface area contributed by atoms with Gasteiger partial charge in [-0.2, -0.15) is 0 Å². The van der Waals surface area contributed by atoms with E-state index in [2.05, 4.69) is 0 Å². The van der Waals surface area contributed by atoms with Crippen molar-refractivity contribution in [3.8, 4) is 0 Å². The van der Waals surface area contributed by atoms with Crippen LogP contribution >= 0.6 is 22.9 Å². The topological polar surface area (TPSA) is 43.8 Å². The van der Waals surface area contributed by atoms with E-state index in [0.717, 1.165) is 12.1 Å². The summed E-state index contributed by atoms with van der Waals surface area (Å²) >= 11 is 7.54. The molecule has 2 atom stereocenters. The van der Waals surface area contributed by atoms with Gasteiger partial charge in [0, 0.05) is 19.1 Å². The number of β-amino-alcohol motifs (C(OH)–C–C–N with tert-alkyl or cyclic N) is 1. The predicted octanol–water partition coefficient (Wildman–Crippen LogP) is 1.85. The first-order valence-electron chi connectivity index (χ1n) is 6.27. The highest BCUT2D eigenvalue weighted by atomic mass is 35.5. The largest absolute Gasteiger partial charge is 0.391 e. The fourth-order valence-corrected chi connectivity index (χ4v) is 3.67. The predicted molar refractivity (Wildman–Crippen MR) is 78.1 cm³/mol. The van der Waals surface area contributed by atoms with Gasteiger partial charge in [-0.1, -0.05) is 11.6 Å². The fourth-order valence-electron chi connectivity index (χ4n) is 2.44. The minimum absolute atomic E-state index is 0.0518. The second-order valence-corrected chi connectivity index (χ2v) is 6.58. The van der Waals surface area contributed by atoms with Crippen molar-refractivity contribution in [1.82, 2.24) is 9.80 Å². The number of nitrogens with zero attached hydrogens (tertiary/aromatic N) is 2. The molecule has 6 heteroatoms. The van der Waals surface area contributed by atoms with Crippen LogP contribution in [-0.4, -0.2) is 60.1 Å². The van der Waals surface area contributed by atoms with Gasteiger partial charge in [-0.15, -0.1) is 11.3 Å². The summed E-state index contributed by atoms with van der Waals surface area (Å²) in [5, 5.41) is 12.2. The highest BCUT2D eigenvalue weighted by molar-refractivity contribution is 7.13. The molecule has 2 heterocycles. The highest BCUT2D eigenvalue weighted by Gasteiger charge is 2.36. The van der Waals surface area contributed by atoms with Crippen LogP contribution in [-0.2, 0) is 0 Å². The van der Waals surface area contributed by atoms with Gasteiger partial charge in [0.15, 0.2) is 0 Å². The summed E-state index contributed by atoms with van der Waals surface area (Å²) in [5.74, 6) is -0.0634. The Kier molecular flexibility index (Phi) is 4.50. The number of aliphatic hydroxyl groups is 1. The molecule has 0 bridgehead atoms. The molecule has 4 nitrogen and oxygen atoms in total. The molecule has 0 spiro atoms. The second kappa shape index (κ2) is 5.79. The zero-order valence-electron chi connectivity index (χ0n) is 11.4. The highest BCUT2D eigenvalue weighted by Crippen LogP contribution is 2.30. The molecule has 1 N–H and O–H groups in total. The number of likely N-dealkylation sites (tertiary alicyclic amines) is 1. The number of hydrogen-bond acceptors (Lipinski definition) is 4. The Morgan fingerprint density at radius 1 is 1.63 bits per heavy atom. The van der Waals surface area contributed by atoms with Crippen molar-refractivity contribution < 1.29 is 9.90 Å². The molecule has 2 unspecified atom stereocenters. The van der Waals surface area contributed by atoms with Crippen molar-refractivity contribution in [2.45, 2.75) is 25.5 Å². The number of aliphatic hydroxyl groups excluding tert-OH is 1. The van der Waals surface area contributed by atoms with Crippen LogP contribution in [0.2, 0.25) is 5.02 Å². The lowest BCUT2D eigenvalue weighted by molar-refractivity contribution is 0.0704. The molecule has 1 aliphatic heterocycles. The average Bonchev–Trinajstić information content (AvgIpc) is 2.83. The molecule has 1 fully saturated rings. The van der Waals surface area contributed by atoms with Crippen LogP contribution in [0.25, 0.3) is 0 Å². The van der Waals surface area contributed by atoms with Crippen LogP contribution in [0.5, 0.6) is 0 Å². The smallest absolute Gasteiger partial charge is 0.265 e. The van der Waals surface area contributed by atoms with E-state index >= 15 is 0 Å². The molecule has 1 saturated heterocycles. The Bertz CT molecular complexity index is 475. The van der Waals surface area contributed by atoms with E-state index in [1.807, 2.05) is 31.3 Å². The lowest BCUT2D eigenvalue weighted by atomic mass is 10.2. The van der Waals surface area contributed by atoms with Crippen LogP contribution in [0, 0.1) is 6.92 Å². The number of halogens is 1. The molecule has 2 rings (SSSR count). The molecule has 0 aromatic carbocycles. The van der Waals surface area contributed by atoms with Gasteiger partial charge in [-0.05, 0) is 38.4 Å². The summed E-state index contributed by atoms with van der Waals surface area (Å²) in [4.78, 5) is 16.9. The van der Waals surface area contributed by atoms with E-state index in [1.165, 1.54) is 11.3 Å². The number of aryl methyl sites for hydroxylation is 1. The van der Waals surface area contributed by atoms with Crippen LogP contribution in [0.4, 0.5) is 0 Å². The molecular weight excluding hydrogens is 284 g/mol. The van der Waals surface area contributed by atoms with Gasteiger partial charge in [-0.3, -0.25) is 4.79 Å². The summed E-state index contributed by atoms with van der Waals surface area (Å²) in [6, 6.07) is 0.0518. The maximum atomic E-state index is 12.5. The quantitative estimate of drug-likeness (QED) is 0.927. The van der Waals surface area contributed by atoms with Crippen molar-refractivity contribution in [2.24, 2.45) is 0 Å². The van der Waals surface area contributed by atoms with E-state index < -0.39 is 6.10 Å². The molecule has 1 aromatic rings. The van der Waals surface area contributed by atoms with Crippen molar-refractivity contribution in [1.29, 1.82) is 0 Å². The van der Waals surface area contributed by atoms with Crippen LogP contribution < -0.4 is 0 Å². The Labute approximate surface area is 122 Å². The first-order chi connectivity index (χ1) is 8.90. The van der Waals surface area contributed by atoms with Gasteiger partial charge >= 0.3 is 0 Å². The van der Waals surface area contributed by atoms with Gasteiger partial charge in [0.2, 0.25) is 0 Å². The maximum absolute atomic E-state index is 12.5. The van der Waals surface area contributed by atoms with Gasteiger partial charge in [0.05, 0.1) is 11.1 Å². The zero-order chi connectivity index (χ0) is 14.2. The number of amides is 1. The summed E-state index contributed by atoms with van der Waals surface area (Å²) in [6.07, 6.45) is 0.194. The minimum Gasteiger partial charge on any atom is -0.391 e. The van der Waals surface area contributed by atoms with Crippen molar-refractivity contribution >= 4 is 28.8 Å². The number of thiophene rings is 1. The summed E-state index contributed by atoms with van der Waals surface area (Å²) in [5.41, 5.74) is 0.930. The first-order valence-corrected chi connectivity index (χ1v) is 7.53. The molecule has 1 aromatic heterocycles. The number of hydrogen-bond donors (Lipinski definition) is 1. The van der Waals surface area contributed by atoms with E-state index in [4.69, 9.17) is 11.6 Å². The van der Waals surface area contributed by atoms with Crippen molar-refractivity contribution in [2.75, 3.05) is 27.2 Å². The van der Waals surface area contributed by atoms with Gasteiger partial charge in [0.1, 0.15) is 4.88 Å². The number of rotatable bonds is 3. The number of carbonyl (C=O) groups excluding carboxylic acids is 1. The summed E-state index contributed by atoms with van der Waals surface area (Å²) in [6.45, 7) is 3.04. The Morgan fingerprint density at radius 2 is 2.32 bits per heavy atom. The van der Waals surface area contributed by atoms with Gasteiger partial charge in [-0.25, -0.2) is 0 Å². The third-order valence-corrected chi connectivity index (χ3v) is 5.01. The lowest BCUT2D eigenvalue weighted by Gasteiger charge is -2.26. The van der Waals surface area contributed by atoms with E-state index in [9.17, 15) is 9.90 Å². The van der Waals surface area contributed by atoms with Crippen LogP contribution in [0.3, 0.4) is 0 Å². The monoisotopic (exact) mass is 302 g/mol. The van der Waals surface area contributed by atoms with E-state index in [0.29, 0.717) is 22.9 Å². The summed E-state index contributed by atoms with van der Waals surface area (Å²) < 4.78 is 0. The average molecular weight is 303 g/mol. The second-order valence-electron chi connectivity index (χ2n) is 5.32. The third-order valence-electron chi connectivity index (χ3n) is 3.32. The lowest BCUT2D eigenvalue weighted by Crippen LogP contribution is -2.41. The van der Waals surface area contributed by atoms with Crippen LogP contribution in [0.15, 0.2) is 5.38 Å². The van der Waals surface area contributed by atoms with Crippen LogP contribution in [0.1, 0.15) is 21.7 Å². The molecule has 0 aliphatic carbocycles. The molecule has 106 valence electrons. The molecule has 1 aliphatic rings. The fraction of sp³-hybridized carbons (Fsp3) is 0.615. The maximum Gasteiger partial charge on any atom is 0.265 e.